The van der Waals surface area contributed by atoms with Crippen molar-refractivity contribution in [2.24, 2.45) is 11.8 Å². The minimum atomic E-state index is -0.176. The van der Waals surface area contributed by atoms with Gasteiger partial charge in [-0.05, 0) is 47.9 Å². The van der Waals surface area contributed by atoms with E-state index in [0.717, 1.165) is 23.5 Å². The number of hydrogen-bond acceptors (Lipinski definition) is 3. The smallest absolute Gasteiger partial charge is 0.237 e. The van der Waals surface area contributed by atoms with Gasteiger partial charge >= 0.3 is 0 Å². The highest BCUT2D eigenvalue weighted by atomic mass is 16.3. The predicted octanol–water partition coefficient (Wildman–Crippen LogP) is 3.52. The average molecular weight is 344 g/mol. The van der Waals surface area contributed by atoms with E-state index in [1.165, 1.54) is 32.1 Å². The number of carbonyl (C=O) groups excluding carboxylic acids is 1. The molecule has 0 unspecified atom stereocenters. The van der Waals surface area contributed by atoms with Crippen molar-refractivity contribution in [2.45, 2.75) is 77.4 Å². The molecule has 3 N–H and O–H groups in total. The summed E-state index contributed by atoms with van der Waals surface area (Å²) in [6, 6.07) is 5.52. The lowest BCUT2D eigenvalue weighted by Gasteiger charge is -2.32. The first-order valence-electron chi connectivity index (χ1n) is 9.87. The van der Waals surface area contributed by atoms with E-state index in [1.54, 1.807) is 12.1 Å². The second-order valence-corrected chi connectivity index (χ2v) is 8.19. The molecule has 25 heavy (non-hydrogen) atoms. The van der Waals surface area contributed by atoms with Crippen LogP contribution in [0.5, 0.6) is 5.75 Å². The van der Waals surface area contributed by atoms with Gasteiger partial charge in [-0.3, -0.25) is 4.79 Å². The summed E-state index contributed by atoms with van der Waals surface area (Å²) >= 11 is 0. The maximum absolute atomic E-state index is 12.8. The van der Waals surface area contributed by atoms with Gasteiger partial charge in [0.05, 0.1) is 6.04 Å². The molecule has 1 heterocycles. The number of hydrogen-bond donors (Lipinski definition) is 3. The molecule has 1 aliphatic heterocycles. The molecule has 138 valence electrons. The van der Waals surface area contributed by atoms with Crippen LogP contribution in [0, 0.1) is 11.8 Å². The van der Waals surface area contributed by atoms with Crippen molar-refractivity contribution in [1.29, 1.82) is 0 Å². The van der Waals surface area contributed by atoms with Gasteiger partial charge in [0.25, 0.3) is 0 Å². The molecule has 1 aromatic carbocycles. The van der Waals surface area contributed by atoms with Crippen LogP contribution in [0.4, 0.5) is 0 Å². The number of benzene rings is 1. The Labute approximate surface area is 151 Å². The third-order valence-corrected chi connectivity index (χ3v) is 5.91. The molecule has 3 rings (SSSR count). The molecular formula is C21H32N2O2. The maximum atomic E-state index is 12.8. The Morgan fingerprint density at radius 3 is 2.72 bits per heavy atom. The lowest BCUT2D eigenvalue weighted by molar-refractivity contribution is -0.124. The molecule has 1 saturated carbocycles. The van der Waals surface area contributed by atoms with Crippen LogP contribution in [-0.4, -0.2) is 23.1 Å². The number of nitrogens with one attached hydrogen (secondary N) is 2. The van der Waals surface area contributed by atoms with Crippen LogP contribution in [-0.2, 0) is 17.8 Å². The van der Waals surface area contributed by atoms with E-state index in [4.69, 9.17) is 0 Å². The standard InChI is InChI=1S/C21H32N2O2/c1-14(2)19(10-15-6-4-3-5-7-15)23-21(25)20-12-16-8-9-18(24)11-17(16)13-22-20/h8-9,11,14-15,19-20,22,24H,3-7,10,12-13H2,1-2H3,(H,23,25)/t19-,20-/m0/s1. The molecule has 0 bridgehead atoms. The van der Waals surface area contributed by atoms with E-state index in [-0.39, 0.29) is 23.7 Å². The van der Waals surface area contributed by atoms with Crippen molar-refractivity contribution in [2.75, 3.05) is 0 Å². The van der Waals surface area contributed by atoms with Crippen LogP contribution in [0.25, 0.3) is 0 Å². The third-order valence-electron chi connectivity index (χ3n) is 5.91. The Balaban J connectivity index is 1.58. The van der Waals surface area contributed by atoms with Crippen LogP contribution in [0.2, 0.25) is 0 Å². The van der Waals surface area contributed by atoms with Gasteiger partial charge in [0.2, 0.25) is 5.91 Å². The van der Waals surface area contributed by atoms with E-state index in [1.807, 2.05) is 6.07 Å². The molecule has 1 amide bonds. The van der Waals surface area contributed by atoms with Gasteiger partial charge in [-0.15, -0.1) is 0 Å². The Morgan fingerprint density at radius 1 is 1.24 bits per heavy atom. The molecule has 0 aromatic heterocycles. The Kier molecular flexibility index (Phi) is 6.00. The summed E-state index contributed by atoms with van der Waals surface area (Å²) in [7, 11) is 0. The summed E-state index contributed by atoms with van der Waals surface area (Å²) in [6.45, 7) is 5.05. The lowest BCUT2D eigenvalue weighted by atomic mass is 9.82. The number of phenols is 1. The first kappa shape index (κ1) is 18.2. The fourth-order valence-corrected chi connectivity index (χ4v) is 4.25. The molecule has 1 aromatic rings. The molecule has 2 atom stereocenters. The van der Waals surface area contributed by atoms with Gasteiger partial charge in [-0.2, -0.15) is 0 Å². The molecule has 2 aliphatic rings. The van der Waals surface area contributed by atoms with Crippen molar-refractivity contribution < 1.29 is 9.90 Å². The monoisotopic (exact) mass is 344 g/mol. The number of rotatable bonds is 5. The van der Waals surface area contributed by atoms with Crippen LogP contribution in [0.1, 0.15) is 63.5 Å². The summed E-state index contributed by atoms with van der Waals surface area (Å²) in [4.78, 5) is 12.8. The minimum Gasteiger partial charge on any atom is -0.508 e. The first-order chi connectivity index (χ1) is 12.0. The maximum Gasteiger partial charge on any atom is 0.237 e. The number of aromatic hydroxyl groups is 1. The van der Waals surface area contributed by atoms with E-state index < -0.39 is 0 Å². The van der Waals surface area contributed by atoms with E-state index in [0.29, 0.717) is 18.9 Å². The fraction of sp³-hybridized carbons (Fsp3) is 0.667. The largest absolute Gasteiger partial charge is 0.508 e. The van der Waals surface area contributed by atoms with Crippen LogP contribution in [0.3, 0.4) is 0 Å². The molecule has 4 nitrogen and oxygen atoms in total. The van der Waals surface area contributed by atoms with Gasteiger partial charge in [0, 0.05) is 12.6 Å². The number of fused-ring (bicyclic) bond motifs is 1. The van der Waals surface area contributed by atoms with Gasteiger partial charge in [-0.25, -0.2) is 0 Å². The average Bonchev–Trinajstić information content (AvgIpc) is 2.61. The summed E-state index contributed by atoms with van der Waals surface area (Å²) < 4.78 is 0. The van der Waals surface area contributed by atoms with E-state index in [2.05, 4.69) is 24.5 Å². The fourth-order valence-electron chi connectivity index (χ4n) is 4.25. The summed E-state index contributed by atoms with van der Waals surface area (Å²) in [5.41, 5.74) is 2.25. The van der Waals surface area contributed by atoms with Crippen LogP contribution < -0.4 is 10.6 Å². The molecule has 1 fully saturated rings. The second-order valence-electron chi connectivity index (χ2n) is 8.19. The zero-order valence-corrected chi connectivity index (χ0v) is 15.6. The molecule has 0 radical (unpaired) electrons. The quantitative estimate of drug-likeness (QED) is 0.766. The molecule has 1 aliphatic carbocycles. The number of amides is 1. The summed E-state index contributed by atoms with van der Waals surface area (Å²) in [5, 5.41) is 16.2. The lowest BCUT2D eigenvalue weighted by Crippen LogP contribution is -2.52. The minimum absolute atomic E-state index is 0.119. The summed E-state index contributed by atoms with van der Waals surface area (Å²) in [6.07, 6.45) is 8.50. The van der Waals surface area contributed by atoms with Crippen molar-refractivity contribution in [1.82, 2.24) is 10.6 Å². The topological polar surface area (TPSA) is 61.4 Å². The highest BCUT2D eigenvalue weighted by molar-refractivity contribution is 5.82. The van der Waals surface area contributed by atoms with Gasteiger partial charge in [0.1, 0.15) is 5.75 Å². The highest BCUT2D eigenvalue weighted by Gasteiger charge is 2.28. The van der Waals surface area contributed by atoms with Crippen molar-refractivity contribution >= 4 is 5.91 Å². The van der Waals surface area contributed by atoms with Crippen molar-refractivity contribution in [3.63, 3.8) is 0 Å². The van der Waals surface area contributed by atoms with Gasteiger partial charge in [0.15, 0.2) is 0 Å². The Morgan fingerprint density at radius 2 is 2.00 bits per heavy atom. The van der Waals surface area contributed by atoms with Crippen LogP contribution >= 0.6 is 0 Å². The SMILES string of the molecule is CC(C)[C@H](CC1CCCCC1)NC(=O)[C@@H]1Cc2ccc(O)cc2CN1. The van der Waals surface area contributed by atoms with E-state index in [9.17, 15) is 9.90 Å². The van der Waals surface area contributed by atoms with Gasteiger partial charge in [-0.1, -0.05) is 52.0 Å². The second kappa shape index (κ2) is 8.22. The predicted molar refractivity (Wildman–Crippen MR) is 100 cm³/mol. The summed E-state index contributed by atoms with van der Waals surface area (Å²) in [5.74, 6) is 1.63. The number of phenolic OH excluding ortho intramolecular Hbond substituents is 1. The zero-order chi connectivity index (χ0) is 17.8. The molecule has 0 spiro atoms. The van der Waals surface area contributed by atoms with Crippen molar-refractivity contribution in [3.05, 3.63) is 29.3 Å². The number of carbonyl (C=O) groups is 1. The van der Waals surface area contributed by atoms with Crippen molar-refractivity contribution in [3.8, 4) is 5.75 Å². The van der Waals surface area contributed by atoms with Gasteiger partial charge < -0.3 is 15.7 Å². The Bertz CT molecular complexity index is 594. The molecular weight excluding hydrogens is 312 g/mol. The highest BCUT2D eigenvalue weighted by Crippen LogP contribution is 2.29. The third kappa shape index (κ3) is 4.75. The molecule has 4 heteroatoms. The Hall–Kier alpha value is -1.55. The zero-order valence-electron chi connectivity index (χ0n) is 15.6. The normalized spacial score (nSPS) is 22.4. The first-order valence-corrected chi connectivity index (χ1v) is 9.87. The van der Waals surface area contributed by atoms with Crippen LogP contribution in [0.15, 0.2) is 18.2 Å². The van der Waals surface area contributed by atoms with E-state index >= 15 is 0 Å². The molecule has 0 saturated heterocycles.